The van der Waals surface area contributed by atoms with E-state index in [-0.39, 0.29) is 11.4 Å². The summed E-state index contributed by atoms with van der Waals surface area (Å²) in [6.07, 6.45) is 1.41. The van der Waals surface area contributed by atoms with Crippen molar-refractivity contribution >= 4 is 5.97 Å². The number of carboxylic acid groups (broad SMARTS) is 1. The van der Waals surface area contributed by atoms with Crippen molar-refractivity contribution in [3.63, 3.8) is 0 Å². The summed E-state index contributed by atoms with van der Waals surface area (Å²) >= 11 is 0. The van der Waals surface area contributed by atoms with Gasteiger partial charge < -0.3 is 14.8 Å². The molecule has 0 aliphatic carbocycles. The summed E-state index contributed by atoms with van der Waals surface area (Å²) in [6, 6.07) is 26.3. The molecule has 3 aromatic carbocycles. The molecule has 1 aliphatic rings. The first-order chi connectivity index (χ1) is 20.0. The molecule has 2 heterocycles. The zero-order chi connectivity index (χ0) is 30.1. The SMILES string of the molecule is CCCc1nc(C(C)(C)O)c(C(=O)O)n1Cc1ccc(-c2cccc(C3(C(C)(C)c4ccccc4)N=NN=N3)c2)cc1. The van der Waals surface area contributed by atoms with E-state index < -0.39 is 22.6 Å². The summed E-state index contributed by atoms with van der Waals surface area (Å²) < 4.78 is 1.71. The van der Waals surface area contributed by atoms with Crippen LogP contribution in [0.15, 0.2) is 99.5 Å². The minimum absolute atomic E-state index is 0.0222. The van der Waals surface area contributed by atoms with Crippen LogP contribution in [0.5, 0.6) is 0 Å². The summed E-state index contributed by atoms with van der Waals surface area (Å²) in [5.74, 6) is -0.459. The average molecular weight is 565 g/mol. The molecule has 42 heavy (non-hydrogen) atoms. The summed E-state index contributed by atoms with van der Waals surface area (Å²) in [5.41, 5.74) is 2.17. The van der Waals surface area contributed by atoms with E-state index in [1.54, 1.807) is 18.4 Å². The van der Waals surface area contributed by atoms with Gasteiger partial charge in [-0.15, -0.1) is 10.2 Å². The fourth-order valence-corrected chi connectivity index (χ4v) is 5.60. The van der Waals surface area contributed by atoms with Crippen LogP contribution in [0.2, 0.25) is 0 Å². The molecule has 9 heteroatoms. The van der Waals surface area contributed by atoms with Crippen molar-refractivity contribution in [2.24, 2.45) is 20.7 Å². The molecule has 0 atom stereocenters. The lowest BCUT2D eigenvalue weighted by molar-refractivity contribution is 0.0602. The second-order valence-corrected chi connectivity index (χ2v) is 11.7. The maximum absolute atomic E-state index is 12.3. The Bertz CT molecular complexity index is 1640. The third-order valence-corrected chi connectivity index (χ3v) is 7.98. The van der Waals surface area contributed by atoms with Crippen molar-refractivity contribution < 1.29 is 15.0 Å². The molecule has 0 radical (unpaired) electrons. The maximum atomic E-state index is 12.3. The second-order valence-electron chi connectivity index (χ2n) is 11.7. The van der Waals surface area contributed by atoms with Crippen LogP contribution in [0.1, 0.15) is 79.7 Å². The minimum Gasteiger partial charge on any atom is -0.477 e. The van der Waals surface area contributed by atoms with Gasteiger partial charge in [-0.3, -0.25) is 0 Å². The quantitative estimate of drug-likeness (QED) is 0.208. The Hall–Kier alpha value is -4.50. The van der Waals surface area contributed by atoms with Crippen molar-refractivity contribution in [3.8, 4) is 11.1 Å². The van der Waals surface area contributed by atoms with Crippen molar-refractivity contribution in [1.29, 1.82) is 0 Å². The van der Waals surface area contributed by atoms with E-state index in [9.17, 15) is 15.0 Å². The lowest BCUT2D eigenvalue weighted by Crippen LogP contribution is -2.41. The predicted octanol–water partition coefficient (Wildman–Crippen LogP) is 7.44. The molecule has 4 aromatic rings. The molecule has 9 nitrogen and oxygen atoms in total. The monoisotopic (exact) mass is 564 g/mol. The van der Waals surface area contributed by atoms with Gasteiger partial charge in [-0.25, -0.2) is 9.78 Å². The maximum Gasteiger partial charge on any atom is 0.354 e. The number of carbonyl (C=O) groups is 1. The third kappa shape index (κ3) is 5.16. The van der Waals surface area contributed by atoms with Crippen molar-refractivity contribution in [2.75, 3.05) is 0 Å². The number of rotatable bonds is 10. The molecule has 0 spiro atoms. The Morgan fingerprint density at radius 2 is 1.55 bits per heavy atom. The Labute approximate surface area is 245 Å². The number of hydrogen-bond acceptors (Lipinski definition) is 7. The van der Waals surface area contributed by atoms with Gasteiger partial charge in [0.25, 0.3) is 0 Å². The number of aryl methyl sites for hydroxylation is 1. The van der Waals surface area contributed by atoms with Crippen LogP contribution in [0.3, 0.4) is 0 Å². The zero-order valence-electron chi connectivity index (χ0n) is 24.6. The first-order valence-electron chi connectivity index (χ1n) is 14.1. The summed E-state index contributed by atoms with van der Waals surface area (Å²) in [6.45, 7) is 9.67. The molecule has 2 N–H and O–H groups in total. The zero-order valence-corrected chi connectivity index (χ0v) is 24.6. The summed E-state index contributed by atoms with van der Waals surface area (Å²) in [7, 11) is 0. The van der Waals surface area contributed by atoms with E-state index in [2.05, 4.69) is 57.7 Å². The van der Waals surface area contributed by atoms with Crippen LogP contribution < -0.4 is 0 Å². The highest BCUT2D eigenvalue weighted by molar-refractivity contribution is 5.87. The van der Waals surface area contributed by atoms with Gasteiger partial charge in [0, 0.05) is 23.9 Å². The van der Waals surface area contributed by atoms with E-state index in [1.165, 1.54) is 0 Å². The smallest absolute Gasteiger partial charge is 0.354 e. The highest BCUT2D eigenvalue weighted by atomic mass is 16.4. The van der Waals surface area contributed by atoms with Crippen LogP contribution in [0, 0.1) is 0 Å². The molecule has 0 amide bonds. The second kappa shape index (κ2) is 11.1. The normalized spacial score (nSPS) is 14.4. The van der Waals surface area contributed by atoms with Gasteiger partial charge in [-0.05, 0) is 59.0 Å². The number of carboxylic acids is 1. The van der Waals surface area contributed by atoms with E-state index in [0.717, 1.165) is 34.2 Å². The largest absolute Gasteiger partial charge is 0.477 e. The Morgan fingerprint density at radius 3 is 2.14 bits per heavy atom. The number of aromatic nitrogens is 2. The van der Waals surface area contributed by atoms with Gasteiger partial charge in [0.2, 0.25) is 5.66 Å². The Kier molecular flexibility index (Phi) is 7.64. The average Bonchev–Trinajstić information content (AvgIpc) is 3.61. The number of imidazole rings is 1. The van der Waals surface area contributed by atoms with Gasteiger partial charge in [0.1, 0.15) is 17.1 Å². The lowest BCUT2D eigenvalue weighted by Gasteiger charge is -2.37. The molecular weight excluding hydrogens is 528 g/mol. The molecule has 0 fully saturated rings. The van der Waals surface area contributed by atoms with E-state index >= 15 is 0 Å². The number of aliphatic hydroxyl groups is 1. The lowest BCUT2D eigenvalue weighted by atomic mass is 9.70. The van der Waals surface area contributed by atoms with Gasteiger partial charge in [0.15, 0.2) is 5.69 Å². The van der Waals surface area contributed by atoms with Gasteiger partial charge in [-0.1, -0.05) is 93.6 Å². The van der Waals surface area contributed by atoms with Crippen molar-refractivity contribution in [1.82, 2.24) is 9.55 Å². The fraction of sp³-hybridized carbons (Fsp3) is 0.333. The van der Waals surface area contributed by atoms with Crippen molar-refractivity contribution in [2.45, 2.75) is 70.7 Å². The van der Waals surface area contributed by atoms with Gasteiger partial charge in [0.05, 0.1) is 0 Å². The molecule has 0 unspecified atom stereocenters. The molecule has 0 saturated carbocycles. The van der Waals surface area contributed by atoms with E-state index in [1.807, 2.05) is 67.6 Å². The highest BCUT2D eigenvalue weighted by Gasteiger charge is 2.51. The number of benzene rings is 3. The first-order valence-corrected chi connectivity index (χ1v) is 14.1. The molecule has 0 bridgehead atoms. The van der Waals surface area contributed by atoms with E-state index in [0.29, 0.717) is 18.8 Å². The number of hydrogen-bond donors (Lipinski definition) is 2. The Balaban J connectivity index is 1.48. The van der Waals surface area contributed by atoms with Gasteiger partial charge >= 0.3 is 5.97 Å². The predicted molar refractivity (Wildman–Crippen MR) is 160 cm³/mol. The molecule has 1 aliphatic heterocycles. The van der Waals surface area contributed by atoms with Crippen LogP contribution in [0.4, 0.5) is 0 Å². The number of aromatic carboxylic acids is 1. The molecule has 5 rings (SSSR count). The third-order valence-electron chi connectivity index (χ3n) is 7.98. The van der Waals surface area contributed by atoms with Gasteiger partial charge in [-0.2, -0.15) is 0 Å². The van der Waals surface area contributed by atoms with Crippen LogP contribution in [0.25, 0.3) is 11.1 Å². The first kappa shape index (κ1) is 29.0. The standard InChI is InChI=1S/C33H36N6O3/c1-6-11-27-34-29(32(4,5)42)28(30(40)41)39(27)21-22-16-18-23(19-17-22)24-12-10-15-26(20-24)33(35-37-38-36-33)31(2,3)25-13-8-7-9-14-25/h7-10,12-20,42H,6,11,21H2,1-5H3,(H,40,41). The van der Waals surface area contributed by atoms with Crippen LogP contribution in [-0.4, -0.2) is 25.7 Å². The summed E-state index contributed by atoms with van der Waals surface area (Å²) in [4.78, 5) is 16.8. The van der Waals surface area contributed by atoms with E-state index in [4.69, 9.17) is 0 Å². The molecular formula is C33H36N6O3. The molecule has 1 aromatic heterocycles. The summed E-state index contributed by atoms with van der Waals surface area (Å²) in [5, 5.41) is 37.6. The highest BCUT2D eigenvalue weighted by Crippen LogP contribution is 2.49. The van der Waals surface area contributed by atoms with Crippen molar-refractivity contribution in [3.05, 3.63) is 113 Å². The molecule has 216 valence electrons. The Morgan fingerprint density at radius 1 is 0.881 bits per heavy atom. The van der Waals surface area contributed by atoms with Crippen LogP contribution >= 0.6 is 0 Å². The molecule has 0 saturated heterocycles. The topological polar surface area (TPSA) is 125 Å². The minimum atomic E-state index is -1.37. The van der Waals surface area contributed by atoms with Crippen LogP contribution in [-0.2, 0) is 29.6 Å². The fourth-order valence-electron chi connectivity index (χ4n) is 5.60. The number of nitrogens with zero attached hydrogens (tertiary/aromatic N) is 6.